The van der Waals surface area contributed by atoms with Gasteiger partial charge in [-0.05, 0) is 38.6 Å². The SMILES string of the molecule is CCC=CN(CCCN)CCCN. The predicted molar refractivity (Wildman–Crippen MR) is 58.3 cm³/mol. The molecular formula is C10H23N3. The van der Waals surface area contributed by atoms with E-state index in [1.807, 2.05) is 0 Å². The molecule has 0 aliphatic heterocycles. The summed E-state index contributed by atoms with van der Waals surface area (Å²) in [6.07, 6.45) is 7.53. The van der Waals surface area contributed by atoms with Crippen molar-refractivity contribution in [1.29, 1.82) is 0 Å². The molecule has 0 radical (unpaired) electrons. The topological polar surface area (TPSA) is 55.3 Å². The lowest BCUT2D eigenvalue weighted by Crippen LogP contribution is -2.23. The summed E-state index contributed by atoms with van der Waals surface area (Å²) in [7, 11) is 0. The molecule has 0 unspecified atom stereocenters. The fourth-order valence-corrected chi connectivity index (χ4v) is 1.10. The molecule has 0 atom stereocenters. The van der Waals surface area contributed by atoms with Crippen LogP contribution in [0.4, 0.5) is 0 Å². The molecule has 4 N–H and O–H groups in total. The van der Waals surface area contributed by atoms with E-state index < -0.39 is 0 Å². The molecule has 13 heavy (non-hydrogen) atoms. The summed E-state index contributed by atoms with van der Waals surface area (Å²) in [6, 6.07) is 0. The first kappa shape index (κ1) is 12.5. The van der Waals surface area contributed by atoms with E-state index >= 15 is 0 Å². The molecule has 0 amide bonds. The van der Waals surface area contributed by atoms with E-state index in [-0.39, 0.29) is 0 Å². The van der Waals surface area contributed by atoms with Crippen molar-refractivity contribution in [3.05, 3.63) is 12.3 Å². The van der Waals surface area contributed by atoms with Crippen molar-refractivity contribution < 1.29 is 0 Å². The Balaban J connectivity index is 3.66. The standard InChI is InChI=1S/C10H23N3/c1-2-3-8-13(9-4-6-11)10-5-7-12/h3,8H,2,4-7,9-12H2,1H3. The molecule has 0 rings (SSSR count). The third-order valence-electron chi connectivity index (χ3n) is 1.85. The van der Waals surface area contributed by atoms with E-state index in [4.69, 9.17) is 11.5 Å². The van der Waals surface area contributed by atoms with Crippen molar-refractivity contribution in [2.45, 2.75) is 26.2 Å². The second kappa shape index (κ2) is 9.55. The van der Waals surface area contributed by atoms with E-state index in [0.29, 0.717) is 0 Å². The summed E-state index contributed by atoms with van der Waals surface area (Å²) in [5, 5.41) is 0. The number of hydrogen-bond donors (Lipinski definition) is 2. The number of hydrogen-bond acceptors (Lipinski definition) is 3. The smallest absolute Gasteiger partial charge is 0.0184 e. The lowest BCUT2D eigenvalue weighted by atomic mass is 10.3. The van der Waals surface area contributed by atoms with Gasteiger partial charge >= 0.3 is 0 Å². The van der Waals surface area contributed by atoms with Gasteiger partial charge in [0.25, 0.3) is 0 Å². The number of nitrogens with zero attached hydrogens (tertiary/aromatic N) is 1. The molecule has 0 fully saturated rings. The van der Waals surface area contributed by atoms with Gasteiger partial charge in [0.15, 0.2) is 0 Å². The van der Waals surface area contributed by atoms with Crippen LogP contribution >= 0.6 is 0 Å². The Morgan fingerprint density at radius 2 is 1.62 bits per heavy atom. The summed E-state index contributed by atoms with van der Waals surface area (Å²) in [6.45, 7) is 5.76. The molecular weight excluding hydrogens is 162 g/mol. The van der Waals surface area contributed by atoms with Gasteiger partial charge in [0.05, 0.1) is 0 Å². The van der Waals surface area contributed by atoms with Crippen LogP contribution in [-0.2, 0) is 0 Å². The van der Waals surface area contributed by atoms with Gasteiger partial charge in [-0.2, -0.15) is 0 Å². The Hall–Kier alpha value is -0.540. The lowest BCUT2D eigenvalue weighted by Gasteiger charge is -2.19. The third-order valence-corrected chi connectivity index (χ3v) is 1.85. The summed E-state index contributed by atoms with van der Waals surface area (Å²) in [5.41, 5.74) is 10.9. The van der Waals surface area contributed by atoms with Crippen molar-refractivity contribution in [1.82, 2.24) is 4.90 Å². The Kier molecular flexibility index (Phi) is 9.15. The lowest BCUT2D eigenvalue weighted by molar-refractivity contribution is 0.366. The van der Waals surface area contributed by atoms with E-state index in [9.17, 15) is 0 Å². The number of allylic oxidation sites excluding steroid dienone is 1. The minimum Gasteiger partial charge on any atom is -0.378 e. The highest BCUT2D eigenvalue weighted by Gasteiger charge is 1.96. The van der Waals surface area contributed by atoms with Gasteiger partial charge in [-0.15, -0.1) is 0 Å². The van der Waals surface area contributed by atoms with Gasteiger partial charge in [-0.3, -0.25) is 0 Å². The van der Waals surface area contributed by atoms with Crippen molar-refractivity contribution in [2.75, 3.05) is 26.2 Å². The zero-order valence-electron chi connectivity index (χ0n) is 8.71. The van der Waals surface area contributed by atoms with E-state index in [1.165, 1.54) is 0 Å². The van der Waals surface area contributed by atoms with Gasteiger partial charge in [-0.25, -0.2) is 0 Å². The number of rotatable bonds is 8. The second-order valence-electron chi connectivity index (χ2n) is 3.11. The van der Waals surface area contributed by atoms with Crippen LogP contribution in [0.1, 0.15) is 26.2 Å². The van der Waals surface area contributed by atoms with Crippen LogP contribution in [0, 0.1) is 0 Å². The van der Waals surface area contributed by atoms with Gasteiger partial charge in [0.2, 0.25) is 0 Å². The fraction of sp³-hybridized carbons (Fsp3) is 0.800. The summed E-state index contributed by atoms with van der Waals surface area (Å²) >= 11 is 0. The zero-order valence-corrected chi connectivity index (χ0v) is 8.71. The van der Waals surface area contributed by atoms with Crippen molar-refractivity contribution in [3.63, 3.8) is 0 Å². The molecule has 0 aromatic carbocycles. The molecule has 0 saturated carbocycles. The first-order valence-electron chi connectivity index (χ1n) is 5.16. The average molecular weight is 185 g/mol. The average Bonchev–Trinajstić information content (AvgIpc) is 2.17. The molecule has 0 aromatic heterocycles. The molecule has 3 heteroatoms. The summed E-state index contributed by atoms with van der Waals surface area (Å²) in [4.78, 5) is 2.29. The monoisotopic (exact) mass is 185 g/mol. The van der Waals surface area contributed by atoms with Crippen LogP contribution in [0.2, 0.25) is 0 Å². The highest BCUT2D eigenvalue weighted by Crippen LogP contribution is 1.95. The first-order valence-corrected chi connectivity index (χ1v) is 5.16. The van der Waals surface area contributed by atoms with Crippen LogP contribution in [0.5, 0.6) is 0 Å². The molecule has 0 bridgehead atoms. The van der Waals surface area contributed by atoms with Crippen LogP contribution < -0.4 is 11.5 Å². The Labute approximate surface area is 81.8 Å². The van der Waals surface area contributed by atoms with Crippen LogP contribution in [0.25, 0.3) is 0 Å². The van der Waals surface area contributed by atoms with Gasteiger partial charge in [0.1, 0.15) is 0 Å². The Bertz CT molecular complexity index is 115. The minimum atomic E-state index is 0.763. The Morgan fingerprint density at radius 1 is 1.08 bits per heavy atom. The molecule has 0 heterocycles. The maximum atomic E-state index is 5.46. The van der Waals surface area contributed by atoms with Crippen molar-refractivity contribution >= 4 is 0 Å². The van der Waals surface area contributed by atoms with Gasteiger partial charge < -0.3 is 16.4 Å². The second-order valence-corrected chi connectivity index (χ2v) is 3.11. The molecule has 0 saturated heterocycles. The zero-order chi connectivity index (χ0) is 9.94. The van der Waals surface area contributed by atoms with Gasteiger partial charge in [-0.1, -0.05) is 13.0 Å². The normalized spacial score (nSPS) is 11.0. The molecule has 0 aromatic rings. The van der Waals surface area contributed by atoms with Crippen molar-refractivity contribution in [2.24, 2.45) is 11.5 Å². The molecule has 0 aliphatic rings. The molecule has 3 nitrogen and oxygen atoms in total. The highest BCUT2D eigenvalue weighted by atomic mass is 15.1. The quantitative estimate of drug-likeness (QED) is 0.591. The minimum absolute atomic E-state index is 0.763. The van der Waals surface area contributed by atoms with E-state index in [0.717, 1.165) is 45.4 Å². The maximum Gasteiger partial charge on any atom is 0.0184 e. The van der Waals surface area contributed by atoms with E-state index in [2.05, 4.69) is 24.1 Å². The summed E-state index contributed by atoms with van der Waals surface area (Å²) < 4.78 is 0. The van der Waals surface area contributed by atoms with Crippen LogP contribution in [-0.4, -0.2) is 31.1 Å². The van der Waals surface area contributed by atoms with Crippen LogP contribution in [0.3, 0.4) is 0 Å². The largest absolute Gasteiger partial charge is 0.378 e. The predicted octanol–water partition coefficient (Wildman–Crippen LogP) is 0.910. The fourth-order valence-electron chi connectivity index (χ4n) is 1.10. The third kappa shape index (κ3) is 7.81. The maximum absolute atomic E-state index is 5.46. The van der Waals surface area contributed by atoms with E-state index in [1.54, 1.807) is 0 Å². The van der Waals surface area contributed by atoms with Crippen LogP contribution in [0.15, 0.2) is 12.3 Å². The first-order chi connectivity index (χ1) is 6.35. The van der Waals surface area contributed by atoms with Gasteiger partial charge in [0, 0.05) is 13.1 Å². The molecule has 78 valence electrons. The van der Waals surface area contributed by atoms with Crippen molar-refractivity contribution in [3.8, 4) is 0 Å². The number of nitrogens with two attached hydrogens (primary N) is 2. The Morgan fingerprint density at radius 3 is 2.00 bits per heavy atom. The highest BCUT2D eigenvalue weighted by molar-refractivity contribution is 4.81. The molecule has 0 aliphatic carbocycles. The molecule has 0 spiro atoms. The summed E-state index contributed by atoms with van der Waals surface area (Å²) in [5.74, 6) is 0.